The van der Waals surface area contributed by atoms with Crippen LogP contribution in [0.5, 0.6) is 0 Å². The van der Waals surface area contributed by atoms with E-state index in [1.807, 2.05) is 17.1 Å². The van der Waals surface area contributed by atoms with Gasteiger partial charge in [0.2, 0.25) is 11.8 Å². The average molecular weight is 392 g/mol. The lowest BCUT2D eigenvalue weighted by Gasteiger charge is -2.30. The van der Waals surface area contributed by atoms with Crippen molar-refractivity contribution in [2.45, 2.75) is 69.9 Å². The molecule has 7 heteroatoms. The lowest BCUT2D eigenvalue weighted by atomic mass is 9.97. The van der Waals surface area contributed by atoms with E-state index in [4.69, 9.17) is 4.74 Å². The van der Waals surface area contributed by atoms with Crippen molar-refractivity contribution in [3.05, 3.63) is 12.2 Å². The Labute approximate surface area is 166 Å². The zero-order valence-corrected chi connectivity index (χ0v) is 16.6. The number of cyclic esters (lactones) is 1. The fourth-order valence-corrected chi connectivity index (χ4v) is 4.49. The number of likely N-dealkylation sites (tertiary alicyclic amines) is 1. The van der Waals surface area contributed by atoms with Gasteiger partial charge in [-0.05, 0) is 44.9 Å². The third-order valence-corrected chi connectivity index (χ3v) is 6.11. The topological polar surface area (TPSA) is 87.2 Å². The van der Waals surface area contributed by atoms with E-state index in [9.17, 15) is 19.5 Å². The number of carbonyl (C=O) groups excluding carboxylic acids is 3. The van der Waals surface area contributed by atoms with Gasteiger partial charge < -0.3 is 19.6 Å². The molecule has 0 bridgehead atoms. The van der Waals surface area contributed by atoms with Gasteiger partial charge in [0, 0.05) is 25.9 Å². The molecule has 3 atom stereocenters. The zero-order valence-electron chi connectivity index (χ0n) is 16.6. The minimum Gasteiger partial charge on any atom is -0.463 e. The molecule has 0 aromatic carbocycles. The number of hydrogen-bond donors (Lipinski definition) is 1. The Hall–Kier alpha value is -1.89. The lowest BCUT2D eigenvalue weighted by Crippen LogP contribution is -2.44. The van der Waals surface area contributed by atoms with Gasteiger partial charge in [0.05, 0.1) is 24.6 Å². The van der Waals surface area contributed by atoms with Crippen LogP contribution in [0.25, 0.3) is 0 Å². The molecule has 0 radical (unpaired) electrons. The van der Waals surface area contributed by atoms with Crippen molar-refractivity contribution in [3.8, 4) is 0 Å². The van der Waals surface area contributed by atoms with Crippen LogP contribution < -0.4 is 0 Å². The van der Waals surface area contributed by atoms with Crippen LogP contribution in [0.3, 0.4) is 0 Å². The molecule has 2 saturated heterocycles. The highest BCUT2D eigenvalue weighted by molar-refractivity contribution is 5.86. The first-order chi connectivity index (χ1) is 13.6. The molecule has 0 aromatic rings. The molecule has 0 aromatic heterocycles. The normalized spacial score (nSPS) is 29.7. The molecule has 3 heterocycles. The van der Waals surface area contributed by atoms with E-state index in [2.05, 4.69) is 0 Å². The SMILES string of the molecule is O=C1CCCC=CC[C@H](CC(=O)N2CCC[C@H]2CO)C(=O)N2CCC[C@H]2CO1. The van der Waals surface area contributed by atoms with E-state index in [0.717, 1.165) is 38.5 Å². The van der Waals surface area contributed by atoms with Gasteiger partial charge in [0.25, 0.3) is 0 Å². The second-order valence-electron chi connectivity index (χ2n) is 8.08. The maximum Gasteiger partial charge on any atom is 0.305 e. The summed E-state index contributed by atoms with van der Waals surface area (Å²) in [6.45, 7) is 1.53. The number of esters is 1. The molecule has 2 amide bonds. The van der Waals surface area contributed by atoms with E-state index in [-0.39, 0.29) is 49.5 Å². The summed E-state index contributed by atoms with van der Waals surface area (Å²) in [5.41, 5.74) is 0. The molecule has 3 aliphatic heterocycles. The molecule has 28 heavy (non-hydrogen) atoms. The van der Waals surface area contributed by atoms with Crippen LogP contribution >= 0.6 is 0 Å². The molecule has 3 aliphatic rings. The molecule has 0 unspecified atom stereocenters. The second kappa shape index (κ2) is 10.0. The highest BCUT2D eigenvalue weighted by Gasteiger charge is 2.36. The van der Waals surface area contributed by atoms with Crippen LogP contribution in [-0.2, 0) is 19.1 Å². The van der Waals surface area contributed by atoms with Crippen LogP contribution in [-0.4, -0.2) is 71.1 Å². The number of aliphatic hydroxyl groups excluding tert-OH is 1. The minimum absolute atomic E-state index is 0.0180. The molecule has 0 spiro atoms. The van der Waals surface area contributed by atoms with Crippen molar-refractivity contribution in [2.75, 3.05) is 26.3 Å². The molecule has 0 aliphatic carbocycles. The van der Waals surface area contributed by atoms with Gasteiger partial charge in [-0.15, -0.1) is 0 Å². The van der Waals surface area contributed by atoms with E-state index in [1.165, 1.54) is 0 Å². The number of carbonyl (C=O) groups is 3. The number of rotatable bonds is 3. The molecular formula is C21H32N2O5. The van der Waals surface area contributed by atoms with Crippen molar-refractivity contribution in [3.63, 3.8) is 0 Å². The average Bonchev–Trinajstić information content (AvgIpc) is 3.35. The summed E-state index contributed by atoms with van der Waals surface area (Å²) in [4.78, 5) is 41.5. The van der Waals surface area contributed by atoms with Crippen LogP contribution in [0, 0.1) is 5.92 Å². The first-order valence-corrected chi connectivity index (χ1v) is 10.6. The summed E-state index contributed by atoms with van der Waals surface area (Å²) in [6, 6.07) is -0.206. The number of ether oxygens (including phenoxy) is 1. The van der Waals surface area contributed by atoms with Crippen molar-refractivity contribution >= 4 is 17.8 Å². The number of fused-ring (bicyclic) bond motifs is 1. The van der Waals surface area contributed by atoms with Gasteiger partial charge >= 0.3 is 5.97 Å². The molecular weight excluding hydrogens is 360 g/mol. The first-order valence-electron chi connectivity index (χ1n) is 10.6. The summed E-state index contributed by atoms with van der Waals surface area (Å²) < 4.78 is 5.38. The number of aliphatic hydroxyl groups is 1. The Morgan fingerprint density at radius 3 is 2.79 bits per heavy atom. The van der Waals surface area contributed by atoms with Gasteiger partial charge in [-0.3, -0.25) is 14.4 Å². The predicted molar refractivity (Wildman–Crippen MR) is 103 cm³/mol. The number of hydrogen-bond acceptors (Lipinski definition) is 5. The Bertz CT molecular complexity index is 606. The van der Waals surface area contributed by atoms with Gasteiger partial charge in [-0.25, -0.2) is 0 Å². The van der Waals surface area contributed by atoms with Gasteiger partial charge in [0.15, 0.2) is 0 Å². The maximum absolute atomic E-state index is 13.2. The van der Waals surface area contributed by atoms with Crippen LogP contribution in [0.4, 0.5) is 0 Å². The Morgan fingerprint density at radius 1 is 1.14 bits per heavy atom. The Kier molecular flexibility index (Phi) is 7.48. The summed E-state index contributed by atoms with van der Waals surface area (Å²) in [7, 11) is 0. The predicted octanol–water partition coefficient (Wildman–Crippen LogP) is 1.64. The fraction of sp³-hybridized carbons (Fsp3) is 0.762. The molecule has 0 saturated carbocycles. The van der Waals surface area contributed by atoms with E-state index >= 15 is 0 Å². The first kappa shape index (κ1) is 20.8. The summed E-state index contributed by atoms with van der Waals surface area (Å²) >= 11 is 0. The van der Waals surface area contributed by atoms with Gasteiger partial charge in [0.1, 0.15) is 6.61 Å². The fourth-order valence-electron chi connectivity index (χ4n) is 4.49. The third-order valence-electron chi connectivity index (χ3n) is 6.11. The van der Waals surface area contributed by atoms with E-state index in [1.54, 1.807) is 4.90 Å². The lowest BCUT2D eigenvalue weighted by molar-refractivity contribution is -0.149. The molecule has 156 valence electrons. The van der Waals surface area contributed by atoms with Crippen molar-refractivity contribution in [2.24, 2.45) is 5.92 Å². The quantitative estimate of drug-likeness (QED) is 0.583. The standard InChI is InChI=1S/C21H32N2O5/c24-14-17-8-5-11-22(17)19(25)13-16-7-3-1-2-4-10-20(26)28-15-18-9-6-12-23(18)21(16)27/h1,3,16-18,24H,2,4-15H2/t16-,17+,18+/m1/s1. The van der Waals surface area contributed by atoms with Crippen LogP contribution in [0.2, 0.25) is 0 Å². The zero-order chi connectivity index (χ0) is 19.9. The number of amides is 2. The van der Waals surface area contributed by atoms with Gasteiger partial charge in [-0.2, -0.15) is 0 Å². The smallest absolute Gasteiger partial charge is 0.305 e. The number of nitrogens with zero attached hydrogens (tertiary/aromatic N) is 2. The summed E-state index contributed by atoms with van der Waals surface area (Å²) in [5.74, 6) is -0.672. The Morgan fingerprint density at radius 2 is 1.96 bits per heavy atom. The van der Waals surface area contributed by atoms with E-state index < -0.39 is 5.92 Å². The highest BCUT2D eigenvalue weighted by atomic mass is 16.5. The van der Waals surface area contributed by atoms with Crippen molar-refractivity contribution < 1.29 is 24.2 Å². The number of allylic oxidation sites excluding steroid dienone is 2. The molecule has 7 nitrogen and oxygen atoms in total. The summed E-state index contributed by atoms with van der Waals surface area (Å²) in [6.07, 6.45) is 9.98. The van der Waals surface area contributed by atoms with Crippen LogP contribution in [0.15, 0.2) is 12.2 Å². The van der Waals surface area contributed by atoms with Crippen LogP contribution in [0.1, 0.15) is 57.8 Å². The molecule has 3 rings (SSSR count). The van der Waals surface area contributed by atoms with Crippen molar-refractivity contribution in [1.82, 2.24) is 9.80 Å². The monoisotopic (exact) mass is 392 g/mol. The van der Waals surface area contributed by atoms with E-state index in [0.29, 0.717) is 25.9 Å². The van der Waals surface area contributed by atoms with Crippen molar-refractivity contribution in [1.29, 1.82) is 0 Å². The summed E-state index contributed by atoms with van der Waals surface area (Å²) in [5, 5.41) is 9.50. The molecule has 1 N–H and O–H groups in total. The second-order valence-corrected chi connectivity index (χ2v) is 8.08. The third kappa shape index (κ3) is 5.13. The Balaban J connectivity index is 1.71. The maximum atomic E-state index is 13.2. The molecule has 2 fully saturated rings. The highest BCUT2D eigenvalue weighted by Crippen LogP contribution is 2.26. The largest absolute Gasteiger partial charge is 0.463 e. The van der Waals surface area contributed by atoms with Gasteiger partial charge in [-0.1, -0.05) is 12.2 Å². The minimum atomic E-state index is -0.402.